The van der Waals surface area contributed by atoms with Gasteiger partial charge in [0.05, 0.1) is 12.8 Å². The number of thioether (sulfide) groups is 1. The van der Waals surface area contributed by atoms with Gasteiger partial charge in [0.15, 0.2) is 5.17 Å². The number of rotatable bonds is 7. The lowest BCUT2D eigenvalue weighted by molar-refractivity contribution is -0.129. The van der Waals surface area contributed by atoms with E-state index in [1.807, 2.05) is 79.7 Å². The number of benzene rings is 3. The molecule has 2 amide bonds. The Labute approximate surface area is 214 Å². The number of hydrogen-bond acceptors (Lipinski definition) is 5. The van der Waals surface area contributed by atoms with Crippen LogP contribution in [0.5, 0.6) is 5.75 Å². The molecule has 0 aliphatic carbocycles. The number of nitrogens with one attached hydrogen (secondary N) is 1. The number of anilines is 1. The summed E-state index contributed by atoms with van der Waals surface area (Å²) in [5.41, 5.74) is 3.50. The Kier molecular flexibility index (Phi) is 8.10. The van der Waals surface area contributed by atoms with E-state index < -0.39 is 5.25 Å². The summed E-state index contributed by atoms with van der Waals surface area (Å²) in [4.78, 5) is 32.6. The summed E-state index contributed by atoms with van der Waals surface area (Å²) in [7, 11) is 1.60. The molecule has 8 heteroatoms. The van der Waals surface area contributed by atoms with Gasteiger partial charge >= 0.3 is 0 Å². The molecular weight excluding hydrogens is 482 g/mol. The highest BCUT2D eigenvalue weighted by molar-refractivity contribution is 8.15. The Morgan fingerprint density at radius 1 is 1.14 bits per heavy atom. The van der Waals surface area contributed by atoms with Crippen molar-refractivity contribution in [3.63, 3.8) is 0 Å². The third-order valence-corrected chi connectivity index (χ3v) is 6.99. The van der Waals surface area contributed by atoms with Gasteiger partial charge in [-0.05, 0) is 73.0 Å². The summed E-state index contributed by atoms with van der Waals surface area (Å²) in [6, 6.07) is 22.4. The number of halogens is 1. The van der Waals surface area contributed by atoms with Crippen molar-refractivity contribution in [1.29, 1.82) is 0 Å². The first kappa shape index (κ1) is 24.8. The van der Waals surface area contributed by atoms with E-state index in [0.29, 0.717) is 34.5 Å². The molecule has 0 bridgehead atoms. The van der Waals surface area contributed by atoms with Gasteiger partial charge in [0.1, 0.15) is 11.0 Å². The van der Waals surface area contributed by atoms with Crippen LogP contribution < -0.4 is 10.1 Å². The number of amides is 2. The van der Waals surface area contributed by atoms with Crippen LogP contribution in [0.25, 0.3) is 0 Å². The van der Waals surface area contributed by atoms with Gasteiger partial charge in [0, 0.05) is 23.7 Å². The number of hydrogen-bond donors (Lipinski definition) is 1. The smallest absolute Gasteiger partial charge is 0.238 e. The lowest BCUT2D eigenvalue weighted by atomic mass is 10.1. The quantitative estimate of drug-likeness (QED) is 0.435. The number of ether oxygens (including phenoxy) is 1. The molecule has 1 fully saturated rings. The number of nitrogens with zero attached hydrogens (tertiary/aromatic N) is 2. The van der Waals surface area contributed by atoms with Gasteiger partial charge < -0.3 is 10.1 Å². The molecule has 1 aliphatic rings. The van der Waals surface area contributed by atoms with Crippen molar-refractivity contribution >= 4 is 51.7 Å². The van der Waals surface area contributed by atoms with Crippen molar-refractivity contribution < 1.29 is 14.3 Å². The maximum absolute atomic E-state index is 13.2. The number of carbonyl (C=O) groups is 2. The Morgan fingerprint density at radius 3 is 2.57 bits per heavy atom. The Bertz CT molecular complexity index is 1230. The molecule has 0 spiro atoms. The summed E-state index contributed by atoms with van der Waals surface area (Å²) in [6.45, 7) is 2.42. The monoisotopic (exact) mass is 507 g/mol. The van der Waals surface area contributed by atoms with Gasteiger partial charge in [-0.2, -0.15) is 0 Å². The molecule has 6 nitrogen and oxygen atoms in total. The molecule has 1 saturated heterocycles. The zero-order valence-electron chi connectivity index (χ0n) is 19.5. The minimum absolute atomic E-state index is 0.102. The molecule has 0 saturated carbocycles. The minimum Gasteiger partial charge on any atom is -0.497 e. The highest BCUT2D eigenvalue weighted by atomic mass is 35.5. The fourth-order valence-corrected chi connectivity index (χ4v) is 4.92. The molecule has 0 radical (unpaired) electrons. The van der Waals surface area contributed by atoms with Gasteiger partial charge in [-0.3, -0.25) is 14.5 Å². The number of amidine groups is 1. The number of carbonyl (C=O) groups excluding carboxylic acids is 2. The average molecular weight is 508 g/mol. The van der Waals surface area contributed by atoms with Crippen LogP contribution in [0.15, 0.2) is 77.8 Å². The molecule has 3 aromatic carbocycles. The fraction of sp³-hybridized carbons (Fsp3) is 0.222. The highest BCUT2D eigenvalue weighted by Crippen LogP contribution is 2.31. The molecule has 1 unspecified atom stereocenters. The first-order valence-electron chi connectivity index (χ1n) is 11.2. The molecule has 3 aromatic rings. The molecular formula is C27H26ClN3O3S. The van der Waals surface area contributed by atoms with Gasteiger partial charge in [0.25, 0.3) is 0 Å². The van der Waals surface area contributed by atoms with Crippen LogP contribution in [0.2, 0.25) is 5.02 Å². The zero-order chi connectivity index (χ0) is 24.8. The average Bonchev–Trinajstić information content (AvgIpc) is 2.85. The summed E-state index contributed by atoms with van der Waals surface area (Å²) in [5, 5.41) is 3.53. The van der Waals surface area contributed by atoms with E-state index in [9.17, 15) is 9.59 Å². The van der Waals surface area contributed by atoms with E-state index >= 15 is 0 Å². The molecule has 1 heterocycles. The largest absolute Gasteiger partial charge is 0.497 e. The summed E-state index contributed by atoms with van der Waals surface area (Å²) in [6.07, 6.45) is 0.746. The van der Waals surface area contributed by atoms with E-state index in [1.54, 1.807) is 12.0 Å². The summed E-state index contributed by atoms with van der Waals surface area (Å²) in [5.74, 6) is 0.374. The van der Waals surface area contributed by atoms with E-state index in [-0.39, 0.29) is 18.2 Å². The van der Waals surface area contributed by atoms with Gasteiger partial charge in [0.2, 0.25) is 11.8 Å². The van der Waals surface area contributed by atoms with Crippen molar-refractivity contribution in [1.82, 2.24) is 4.90 Å². The molecule has 0 aromatic heterocycles. The van der Waals surface area contributed by atoms with Gasteiger partial charge in [-0.15, -0.1) is 0 Å². The molecule has 1 aliphatic heterocycles. The van der Waals surface area contributed by atoms with Crippen molar-refractivity contribution in [2.75, 3.05) is 19.0 Å². The maximum atomic E-state index is 13.2. The minimum atomic E-state index is -0.577. The van der Waals surface area contributed by atoms with E-state index in [0.717, 1.165) is 16.9 Å². The fourth-order valence-electron chi connectivity index (χ4n) is 3.67. The predicted octanol–water partition coefficient (Wildman–Crippen LogP) is 5.86. The second kappa shape index (κ2) is 11.4. The Balaban J connectivity index is 1.55. The van der Waals surface area contributed by atoms with Crippen molar-refractivity contribution in [2.24, 2.45) is 4.99 Å². The third-order valence-electron chi connectivity index (χ3n) is 5.55. The van der Waals surface area contributed by atoms with Crippen molar-refractivity contribution in [3.8, 4) is 5.75 Å². The van der Waals surface area contributed by atoms with Crippen LogP contribution >= 0.6 is 23.4 Å². The molecule has 1 atom stereocenters. The summed E-state index contributed by atoms with van der Waals surface area (Å²) >= 11 is 7.31. The molecule has 1 N–H and O–H groups in total. The first-order valence-corrected chi connectivity index (χ1v) is 12.5. The Morgan fingerprint density at radius 2 is 1.89 bits per heavy atom. The zero-order valence-corrected chi connectivity index (χ0v) is 21.1. The standard InChI is InChI=1S/C27H26ClN3O3S/c1-18-4-3-5-22(16-18)29-26(33)24-17-25(32)31(15-14-19-6-8-20(28)9-7-19)27(35-24)30-21-10-12-23(34-2)13-11-21/h3-13,16,24H,14-15,17H2,1-2H3,(H,29,33). The second-order valence-corrected chi connectivity index (χ2v) is 9.79. The van der Waals surface area contributed by atoms with Crippen LogP contribution in [-0.4, -0.2) is 40.8 Å². The Hall–Kier alpha value is -3.29. The second-order valence-electron chi connectivity index (χ2n) is 8.18. The molecule has 180 valence electrons. The van der Waals surface area contributed by atoms with E-state index in [2.05, 4.69) is 5.32 Å². The SMILES string of the molecule is COc1ccc(N=C2SC(C(=O)Nc3cccc(C)c3)CC(=O)N2CCc2ccc(Cl)cc2)cc1. The summed E-state index contributed by atoms with van der Waals surface area (Å²) < 4.78 is 5.23. The number of aryl methyl sites for hydroxylation is 1. The van der Waals surface area contributed by atoms with Crippen LogP contribution in [0.3, 0.4) is 0 Å². The normalized spacial score (nSPS) is 16.9. The third kappa shape index (κ3) is 6.65. The number of aliphatic imine (C=N–C) groups is 1. The van der Waals surface area contributed by atoms with Crippen LogP contribution in [0, 0.1) is 6.92 Å². The lowest BCUT2D eigenvalue weighted by Gasteiger charge is -2.32. The molecule has 35 heavy (non-hydrogen) atoms. The van der Waals surface area contributed by atoms with Gasteiger partial charge in [-0.25, -0.2) is 4.99 Å². The van der Waals surface area contributed by atoms with Crippen molar-refractivity contribution in [2.45, 2.75) is 25.0 Å². The van der Waals surface area contributed by atoms with Crippen LogP contribution in [-0.2, 0) is 16.0 Å². The van der Waals surface area contributed by atoms with Gasteiger partial charge in [-0.1, -0.05) is 47.6 Å². The van der Waals surface area contributed by atoms with E-state index in [1.165, 1.54) is 11.8 Å². The van der Waals surface area contributed by atoms with Crippen LogP contribution in [0.1, 0.15) is 17.5 Å². The highest BCUT2D eigenvalue weighted by Gasteiger charge is 2.35. The van der Waals surface area contributed by atoms with Crippen LogP contribution in [0.4, 0.5) is 11.4 Å². The maximum Gasteiger partial charge on any atom is 0.238 e. The van der Waals surface area contributed by atoms with E-state index in [4.69, 9.17) is 21.3 Å². The topological polar surface area (TPSA) is 71.0 Å². The molecule has 4 rings (SSSR count). The lowest BCUT2D eigenvalue weighted by Crippen LogP contribution is -2.46. The first-order chi connectivity index (χ1) is 16.9. The predicted molar refractivity (Wildman–Crippen MR) is 143 cm³/mol. The van der Waals surface area contributed by atoms with Crippen molar-refractivity contribution in [3.05, 3.63) is 88.9 Å². The number of methoxy groups -OCH3 is 1.